The molecule has 76 valence electrons. The van der Waals surface area contributed by atoms with Crippen LogP contribution in [0.25, 0.3) is 0 Å². The summed E-state index contributed by atoms with van der Waals surface area (Å²) in [5.41, 5.74) is 2.53. The predicted molar refractivity (Wildman–Crippen MR) is 58.8 cm³/mol. The maximum absolute atomic E-state index is 9.46. The van der Waals surface area contributed by atoms with E-state index in [1.54, 1.807) is 6.07 Å². The van der Waals surface area contributed by atoms with Crippen LogP contribution in [0.3, 0.4) is 0 Å². The number of hydrogen-bond acceptors (Lipinski definition) is 2. The number of phenols is 1. The minimum atomic E-state index is 0.152. The van der Waals surface area contributed by atoms with E-state index in [0.29, 0.717) is 11.8 Å². The quantitative estimate of drug-likeness (QED) is 0.618. The van der Waals surface area contributed by atoms with Crippen molar-refractivity contribution in [3.05, 3.63) is 23.8 Å². The lowest BCUT2D eigenvalue weighted by Gasteiger charge is -2.37. The Kier molecular flexibility index (Phi) is 1.95. The highest BCUT2D eigenvalue weighted by Crippen LogP contribution is 2.40. The standard InChI is InChI=1S/C12H17NO/c1-8-7-12(2,3)10-6-9(14)4-5-11(10)13-8/h4-6,8,13-14H,7H2,1-3H3. The third kappa shape index (κ3) is 1.45. The summed E-state index contributed by atoms with van der Waals surface area (Å²) < 4.78 is 0. The van der Waals surface area contributed by atoms with Crippen molar-refractivity contribution < 1.29 is 5.11 Å². The first-order valence-electron chi connectivity index (χ1n) is 5.09. The number of hydrogen-bond donors (Lipinski definition) is 2. The van der Waals surface area contributed by atoms with Gasteiger partial charge in [0.05, 0.1) is 0 Å². The Morgan fingerprint density at radius 2 is 2.14 bits per heavy atom. The molecule has 0 spiro atoms. The van der Waals surface area contributed by atoms with Gasteiger partial charge in [0.1, 0.15) is 5.75 Å². The lowest BCUT2D eigenvalue weighted by atomic mass is 9.76. The molecule has 0 amide bonds. The summed E-state index contributed by atoms with van der Waals surface area (Å²) >= 11 is 0. The van der Waals surface area contributed by atoms with E-state index in [4.69, 9.17) is 0 Å². The first kappa shape index (κ1) is 9.38. The highest BCUT2D eigenvalue weighted by molar-refractivity contribution is 5.59. The smallest absolute Gasteiger partial charge is 0.116 e. The Balaban J connectivity index is 2.53. The van der Waals surface area contributed by atoms with Crippen LogP contribution in [0.15, 0.2) is 18.2 Å². The third-order valence-electron chi connectivity index (χ3n) is 2.95. The Morgan fingerprint density at radius 1 is 1.43 bits per heavy atom. The second kappa shape index (κ2) is 2.91. The molecular weight excluding hydrogens is 174 g/mol. The SMILES string of the molecule is CC1CC(C)(C)c2cc(O)ccc2N1. The van der Waals surface area contributed by atoms with E-state index in [1.165, 1.54) is 5.56 Å². The Morgan fingerprint density at radius 3 is 2.86 bits per heavy atom. The van der Waals surface area contributed by atoms with E-state index in [9.17, 15) is 5.11 Å². The van der Waals surface area contributed by atoms with E-state index >= 15 is 0 Å². The van der Waals surface area contributed by atoms with Gasteiger partial charge >= 0.3 is 0 Å². The number of anilines is 1. The minimum Gasteiger partial charge on any atom is -0.508 e. The molecule has 1 heterocycles. The van der Waals surface area contributed by atoms with Gasteiger partial charge in [0, 0.05) is 11.7 Å². The molecule has 0 radical (unpaired) electrons. The average molecular weight is 191 g/mol. The molecule has 14 heavy (non-hydrogen) atoms. The Bertz CT molecular complexity index is 357. The van der Waals surface area contributed by atoms with Gasteiger partial charge in [-0.2, -0.15) is 0 Å². The molecule has 0 saturated heterocycles. The first-order chi connectivity index (χ1) is 6.49. The van der Waals surface area contributed by atoms with Gasteiger partial charge in [-0.3, -0.25) is 0 Å². The fraction of sp³-hybridized carbons (Fsp3) is 0.500. The number of fused-ring (bicyclic) bond motifs is 1. The molecule has 2 nitrogen and oxygen atoms in total. The monoisotopic (exact) mass is 191 g/mol. The highest BCUT2D eigenvalue weighted by Gasteiger charge is 2.30. The van der Waals surface area contributed by atoms with Gasteiger partial charge in [-0.25, -0.2) is 0 Å². The summed E-state index contributed by atoms with van der Waals surface area (Å²) in [5, 5.41) is 12.9. The average Bonchev–Trinajstić information content (AvgIpc) is 2.05. The van der Waals surface area contributed by atoms with Crippen LogP contribution in [0.5, 0.6) is 5.75 Å². The number of benzene rings is 1. The zero-order chi connectivity index (χ0) is 10.3. The zero-order valence-corrected chi connectivity index (χ0v) is 8.96. The first-order valence-corrected chi connectivity index (χ1v) is 5.09. The van der Waals surface area contributed by atoms with Crippen LogP contribution in [-0.4, -0.2) is 11.1 Å². The van der Waals surface area contributed by atoms with Crippen molar-refractivity contribution in [2.24, 2.45) is 0 Å². The molecule has 0 saturated carbocycles. The van der Waals surface area contributed by atoms with Gasteiger partial charge in [0.15, 0.2) is 0 Å². The van der Waals surface area contributed by atoms with Crippen molar-refractivity contribution in [1.29, 1.82) is 0 Å². The van der Waals surface area contributed by atoms with Crippen molar-refractivity contribution in [3.8, 4) is 5.75 Å². The molecule has 1 aliphatic heterocycles. The summed E-state index contributed by atoms with van der Waals surface area (Å²) in [4.78, 5) is 0. The fourth-order valence-corrected chi connectivity index (χ4v) is 2.41. The largest absolute Gasteiger partial charge is 0.508 e. The lowest BCUT2D eigenvalue weighted by Crippen LogP contribution is -2.34. The van der Waals surface area contributed by atoms with Crippen LogP contribution >= 0.6 is 0 Å². The van der Waals surface area contributed by atoms with E-state index in [1.807, 2.05) is 12.1 Å². The number of aromatic hydroxyl groups is 1. The molecule has 0 aromatic heterocycles. The highest BCUT2D eigenvalue weighted by atomic mass is 16.3. The van der Waals surface area contributed by atoms with Crippen molar-refractivity contribution in [2.75, 3.05) is 5.32 Å². The van der Waals surface area contributed by atoms with Crippen LogP contribution < -0.4 is 5.32 Å². The van der Waals surface area contributed by atoms with Crippen LogP contribution in [0.2, 0.25) is 0 Å². The second-order valence-electron chi connectivity index (χ2n) is 4.86. The molecule has 1 aliphatic rings. The maximum Gasteiger partial charge on any atom is 0.116 e. The second-order valence-corrected chi connectivity index (χ2v) is 4.86. The molecular formula is C12H17NO. The molecule has 2 heteroatoms. The van der Waals surface area contributed by atoms with Crippen LogP contribution in [0.4, 0.5) is 5.69 Å². The molecule has 1 aromatic carbocycles. The van der Waals surface area contributed by atoms with Crippen molar-refractivity contribution in [1.82, 2.24) is 0 Å². The van der Waals surface area contributed by atoms with Crippen molar-refractivity contribution in [2.45, 2.75) is 38.6 Å². The molecule has 0 aliphatic carbocycles. The number of phenolic OH excluding ortho intramolecular Hbond substituents is 1. The minimum absolute atomic E-state index is 0.152. The van der Waals surface area contributed by atoms with E-state index in [2.05, 4.69) is 26.1 Å². The van der Waals surface area contributed by atoms with Crippen molar-refractivity contribution in [3.63, 3.8) is 0 Å². The molecule has 1 aromatic rings. The topological polar surface area (TPSA) is 32.3 Å². The lowest BCUT2D eigenvalue weighted by molar-refractivity contribution is 0.426. The van der Waals surface area contributed by atoms with Gasteiger partial charge in [-0.1, -0.05) is 13.8 Å². The zero-order valence-electron chi connectivity index (χ0n) is 8.96. The molecule has 1 atom stereocenters. The van der Waals surface area contributed by atoms with Gasteiger partial charge < -0.3 is 10.4 Å². The molecule has 2 N–H and O–H groups in total. The molecule has 2 rings (SSSR count). The van der Waals surface area contributed by atoms with Crippen LogP contribution in [0, 0.1) is 0 Å². The summed E-state index contributed by atoms with van der Waals surface area (Å²) in [6.45, 7) is 6.64. The van der Waals surface area contributed by atoms with Crippen LogP contribution in [-0.2, 0) is 5.41 Å². The molecule has 0 bridgehead atoms. The third-order valence-corrected chi connectivity index (χ3v) is 2.95. The molecule has 0 fully saturated rings. The van der Waals surface area contributed by atoms with E-state index in [0.717, 1.165) is 12.1 Å². The number of nitrogens with one attached hydrogen (secondary N) is 1. The van der Waals surface area contributed by atoms with Gasteiger partial charge in [0.25, 0.3) is 0 Å². The summed E-state index contributed by atoms with van der Waals surface area (Å²) in [7, 11) is 0. The Hall–Kier alpha value is -1.18. The maximum atomic E-state index is 9.46. The summed E-state index contributed by atoms with van der Waals surface area (Å²) in [5.74, 6) is 0.355. The fourth-order valence-electron chi connectivity index (χ4n) is 2.41. The molecule has 1 unspecified atom stereocenters. The Labute approximate surface area is 85.0 Å². The summed E-state index contributed by atoms with van der Waals surface area (Å²) in [6, 6.07) is 6.07. The number of rotatable bonds is 0. The van der Waals surface area contributed by atoms with Crippen molar-refractivity contribution >= 4 is 5.69 Å². The normalized spacial score (nSPS) is 23.8. The predicted octanol–water partition coefficient (Wildman–Crippen LogP) is 2.87. The van der Waals surface area contributed by atoms with Gasteiger partial charge in [-0.15, -0.1) is 0 Å². The van der Waals surface area contributed by atoms with E-state index < -0.39 is 0 Å². The van der Waals surface area contributed by atoms with Gasteiger partial charge in [0.2, 0.25) is 0 Å². The van der Waals surface area contributed by atoms with Crippen LogP contribution in [0.1, 0.15) is 32.8 Å². The van der Waals surface area contributed by atoms with Gasteiger partial charge in [-0.05, 0) is 42.5 Å². The van der Waals surface area contributed by atoms with E-state index in [-0.39, 0.29) is 5.41 Å². The summed E-state index contributed by atoms with van der Waals surface area (Å²) in [6.07, 6.45) is 1.10.